The first-order valence-electron chi connectivity index (χ1n) is 7.05. The summed E-state index contributed by atoms with van der Waals surface area (Å²) in [5, 5.41) is 0.492. The third-order valence-electron chi connectivity index (χ3n) is 3.59. The third-order valence-corrected chi connectivity index (χ3v) is 3.89. The zero-order chi connectivity index (χ0) is 16.0. The predicted molar refractivity (Wildman–Crippen MR) is 94.8 cm³/mol. The summed E-state index contributed by atoms with van der Waals surface area (Å²) in [7, 11) is 3.48. The lowest BCUT2D eigenvalue weighted by Crippen LogP contribution is -2.33. The van der Waals surface area contributed by atoms with Crippen LogP contribution in [0.4, 0.5) is 5.69 Å². The van der Waals surface area contributed by atoms with Crippen molar-refractivity contribution in [2.24, 2.45) is 5.73 Å². The van der Waals surface area contributed by atoms with Gasteiger partial charge in [0.15, 0.2) is 0 Å². The van der Waals surface area contributed by atoms with Crippen molar-refractivity contribution in [3.8, 4) is 5.75 Å². The van der Waals surface area contributed by atoms with Gasteiger partial charge in [-0.25, -0.2) is 0 Å². The topological polar surface area (TPSA) is 58.8 Å². The number of anilines is 1. The first kappa shape index (κ1) is 20.8. The highest BCUT2D eigenvalue weighted by Gasteiger charge is 2.16. The lowest BCUT2D eigenvalue weighted by molar-refractivity contribution is 0.0997. The number of nitrogens with two attached hydrogens (primary N) is 1. The molecule has 0 saturated carbocycles. The molecule has 1 rings (SSSR count). The largest absolute Gasteiger partial charge is 0.496 e. The molecule has 0 spiro atoms. The van der Waals surface area contributed by atoms with Gasteiger partial charge in [-0.15, -0.1) is 12.4 Å². The second-order valence-corrected chi connectivity index (χ2v) is 5.22. The average Bonchev–Trinajstić information content (AvgIpc) is 2.47. The molecule has 0 heterocycles. The van der Waals surface area contributed by atoms with E-state index in [4.69, 9.17) is 22.1 Å². The van der Waals surface area contributed by atoms with Crippen LogP contribution >= 0.6 is 24.0 Å². The quantitative estimate of drug-likeness (QED) is 0.783. The van der Waals surface area contributed by atoms with E-state index in [1.165, 1.54) is 7.11 Å². The zero-order valence-corrected chi connectivity index (χ0v) is 15.1. The Kier molecular flexibility index (Phi) is 9.25. The smallest absolute Gasteiger partial charge is 0.252 e. The summed E-state index contributed by atoms with van der Waals surface area (Å²) in [6.45, 7) is 8.09. The maximum absolute atomic E-state index is 11.4. The Balaban J connectivity index is 0.00000441. The summed E-state index contributed by atoms with van der Waals surface area (Å²) in [6.07, 6.45) is 0. The second kappa shape index (κ2) is 9.77. The molecule has 0 saturated heterocycles. The molecule has 7 heteroatoms. The molecule has 0 unspecified atom stereocenters. The fourth-order valence-corrected chi connectivity index (χ4v) is 2.46. The molecular weight excluding hydrogens is 325 g/mol. The van der Waals surface area contributed by atoms with Crippen molar-refractivity contribution in [1.29, 1.82) is 0 Å². The Morgan fingerprint density at radius 3 is 2.32 bits per heavy atom. The Morgan fingerprint density at radius 1 is 1.27 bits per heavy atom. The van der Waals surface area contributed by atoms with E-state index in [2.05, 4.69) is 18.7 Å². The number of carbonyl (C=O) groups is 1. The van der Waals surface area contributed by atoms with E-state index >= 15 is 0 Å². The molecule has 1 aromatic rings. The summed E-state index contributed by atoms with van der Waals surface area (Å²) < 4.78 is 5.22. The fraction of sp³-hybridized carbons (Fsp3) is 0.533. The summed E-state index contributed by atoms with van der Waals surface area (Å²) in [5.41, 5.74) is 6.44. The van der Waals surface area contributed by atoms with Crippen LogP contribution in [-0.4, -0.2) is 51.1 Å². The van der Waals surface area contributed by atoms with Crippen LogP contribution in [0.15, 0.2) is 12.1 Å². The maximum atomic E-state index is 11.4. The normalized spacial score (nSPS) is 10.3. The first-order chi connectivity index (χ1) is 9.94. The molecule has 0 fully saturated rings. The maximum Gasteiger partial charge on any atom is 0.252 e. The van der Waals surface area contributed by atoms with Gasteiger partial charge in [-0.2, -0.15) is 0 Å². The number of likely N-dealkylation sites (N-methyl/N-ethyl adjacent to an activating group) is 2. The molecule has 0 aromatic heterocycles. The molecule has 0 aliphatic heterocycles. The number of hydrogen-bond donors (Lipinski definition) is 1. The van der Waals surface area contributed by atoms with Gasteiger partial charge in [-0.05, 0) is 19.2 Å². The van der Waals surface area contributed by atoms with Crippen molar-refractivity contribution in [2.75, 3.05) is 45.2 Å². The molecule has 0 radical (unpaired) electrons. The van der Waals surface area contributed by atoms with Crippen molar-refractivity contribution < 1.29 is 9.53 Å². The summed E-state index contributed by atoms with van der Waals surface area (Å²) in [5.74, 6) is -0.109. The Labute approximate surface area is 143 Å². The monoisotopic (exact) mass is 349 g/mol. The van der Waals surface area contributed by atoms with Crippen LogP contribution in [0, 0.1) is 0 Å². The number of rotatable bonds is 8. The lowest BCUT2D eigenvalue weighted by atomic mass is 10.1. The number of nitrogens with zero attached hydrogens (tertiary/aromatic N) is 2. The van der Waals surface area contributed by atoms with Crippen molar-refractivity contribution in [3.05, 3.63) is 22.7 Å². The van der Waals surface area contributed by atoms with Gasteiger partial charge in [0.25, 0.3) is 5.91 Å². The number of amides is 1. The summed E-state index contributed by atoms with van der Waals surface area (Å²) in [6, 6.07) is 3.32. The Bertz CT molecular complexity index is 494. The van der Waals surface area contributed by atoms with E-state index in [0.717, 1.165) is 31.9 Å². The molecule has 0 bridgehead atoms. The van der Waals surface area contributed by atoms with Crippen molar-refractivity contribution in [3.63, 3.8) is 0 Å². The van der Waals surface area contributed by atoms with E-state index in [-0.39, 0.29) is 12.4 Å². The molecule has 0 atom stereocenters. The van der Waals surface area contributed by atoms with Crippen molar-refractivity contribution >= 4 is 35.6 Å². The number of benzene rings is 1. The molecule has 1 amide bonds. The van der Waals surface area contributed by atoms with E-state index in [9.17, 15) is 4.79 Å². The Morgan fingerprint density at radius 2 is 1.86 bits per heavy atom. The lowest BCUT2D eigenvalue weighted by Gasteiger charge is -2.26. The second-order valence-electron chi connectivity index (χ2n) is 4.82. The Hall–Kier alpha value is -1.17. The van der Waals surface area contributed by atoms with Crippen LogP contribution in [0.2, 0.25) is 5.02 Å². The molecule has 22 heavy (non-hydrogen) atoms. The highest BCUT2D eigenvalue weighted by molar-refractivity contribution is 6.33. The van der Waals surface area contributed by atoms with Gasteiger partial charge in [0, 0.05) is 26.2 Å². The highest BCUT2D eigenvalue weighted by Crippen LogP contribution is 2.32. The first-order valence-corrected chi connectivity index (χ1v) is 7.43. The number of primary amides is 1. The van der Waals surface area contributed by atoms with E-state index < -0.39 is 5.91 Å². The van der Waals surface area contributed by atoms with Crippen molar-refractivity contribution in [2.45, 2.75) is 13.8 Å². The van der Waals surface area contributed by atoms with Gasteiger partial charge in [0.1, 0.15) is 5.75 Å². The van der Waals surface area contributed by atoms with Crippen LogP contribution in [-0.2, 0) is 0 Å². The van der Waals surface area contributed by atoms with Crippen molar-refractivity contribution in [1.82, 2.24) is 4.90 Å². The summed E-state index contributed by atoms with van der Waals surface area (Å²) >= 11 is 6.26. The van der Waals surface area contributed by atoms with E-state index in [1.54, 1.807) is 12.1 Å². The fourth-order valence-electron chi connectivity index (χ4n) is 2.15. The van der Waals surface area contributed by atoms with Crippen LogP contribution in [0.5, 0.6) is 5.75 Å². The number of methoxy groups -OCH3 is 1. The minimum Gasteiger partial charge on any atom is -0.496 e. The van der Waals surface area contributed by atoms with Gasteiger partial charge in [0.05, 0.1) is 23.4 Å². The predicted octanol–water partition coefficient (Wildman–Crippen LogP) is 2.65. The van der Waals surface area contributed by atoms with Gasteiger partial charge < -0.3 is 20.3 Å². The average molecular weight is 350 g/mol. The molecule has 126 valence electrons. The zero-order valence-electron chi connectivity index (χ0n) is 13.6. The number of carbonyl (C=O) groups excluding carboxylic acids is 1. The van der Waals surface area contributed by atoms with Crippen LogP contribution in [0.1, 0.15) is 24.2 Å². The number of halogens is 2. The van der Waals surface area contributed by atoms with E-state index in [0.29, 0.717) is 16.3 Å². The number of ether oxygens (including phenoxy) is 1. The van der Waals surface area contributed by atoms with Gasteiger partial charge >= 0.3 is 0 Å². The van der Waals surface area contributed by atoms with Gasteiger partial charge in [0.2, 0.25) is 0 Å². The van der Waals surface area contributed by atoms with Gasteiger partial charge in [-0.3, -0.25) is 4.79 Å². The highest BCUT2D eigenvalue weighted by atomic mass is 35.5. The molecule has 1 aromatic carbocycles. The molecule has 0 aliphatic rings. The summed E-state index contributed by atoms with van der Waals surface area (Å²) in [4.78, 5) is 15.8. The molecule has 0 aliphatic carbocycles. The van der Waals surface area contributed by atoms with Gasteiger partial charge in [-0.1, -0.05) is 25.4 Å². The minimum atomic E-state index is -0.550. The van der Waals surface area contributed by atoms with E-state index in [1.807, 2.05) is 11.9 Å². The van der Waals surface area contributed by atoms with Crippen LogP contribution in [0.3, 0.4) is 0 Å². The SMILES string of the molecule is CCN(CC)CCN(C)c1cc(OC)c(C(N)=O)cc1Cl.Cl. The molecule has 5 nitrogen and oxygen atoms in total. The number of hydrogen-bond acceptors (Lipinski definition) is 4. The molecular formula is C15H25Cl2N3O2. The minimum absolute atomic E-state index is 0. The van der Waals surface area contributed by atoms with Crippen LogP contribution < -0.4 is 15.4 Å². The third kappa shape index (κ3) is 5.23. The standard InChI is InChI=1S/C15H24ClN3O2.ClH/c1-5-19(6-2)8-7-18(3)13-10-14(21-4)11(15(17)20)9-12(13)16;/h9-10H,5-8H2,1-4H3,(H2,17,20);1H. The van der Waals surface area contributed by atoms with Crippen LogP contribution in [0.25, 0.3) is 0 Å². The molecule has 2 N–H and O–H groups in total.